The zero-order valence-corrected chi connectivity index (χ0v) is 13.8. The number of anilines is 1. The van der Waals surface area contributed by atoms with Gasteiger partial charge in [0, 0.05) is 44.5 Å². The van der Waals surface area contributed by atoms with Gasteiger partial charge in [-0.3, -0.25) is 0 Å². The van der Waals surface area contributed by atoms with Crippen LogP contribution in [0.2, 0.25) is 0 Å². The van der Waals surface area contributed by atoms with Crippen molar-refractivity contribution >= 4 is 5.69 Å². The minimum absolute atomic E-state index is 0.762. The van der Waals surface area contributed by atoms with Crippen LogP contribution < -0.4 is 15.0 Å². The van der Waals surface area contributed by atoms with Gasteiger partial charge in [0.1, 0.15) is 5.75 Å². The lowest BCUT2D eigenvalue weighted by atomic mass is 10.2. The van der Waals surface area contributed by atoms with Gasteiger partial charge in [-0.25, -0.2) is 0 Å². The molecular formula is C18H29N3O. The highest BCUT2D eigenvalue weighted by atomic mass is 16.5. The fraction of sp³-hybridized carbons (Fsp3) is 0.667. The molecule has 0 saturated carbocycles. The molecule has 2 aliphatic heterocycles. The van der Waals surface area contributed by atoms with Crippen LogP contribution >= 0.6 is 0 Å². The van der Waals surface area contributed by atoms with Crippen LogP contribution in [-0.4, -0.2) is 56.8 Å². The van der Waals surface area contributed by atoms with Gasteiger partial charge in [0.05, 0.1) is 6.61 Å². The van der Waals surface area contributed by atoms with E-state index in [1.165, 1.54) is 31.6 Å². The number of ether oxygens (including phenoxy) is 1. The molecule has 1 aromatic carbocycles. The molecule has 0 radical (unpaired) electrons. The highest BCUT2D eigenvalue weighted by molar-refractivity contribution is 5.49. The molecule has 2 heterocycles. The van der Waals surface area contributed by atoms with Crippen molar-refractivity contribution in [2.24, 2.45) is 0 Å². The average Bonchev–Trinajstić information content (AvgIpc) is 2.98. The van der Waals surface area contributed by atoms with Crippen LogP contribution in [0.3, 0.4) is 0 Å². The molecule has 4 heteroatoms. The van der Waals surface area contributed by atoms with E-state index in [1.807, 2.05) is 0 Å². The molecule has 4 nitrogen and oxygen atoms in total. The smallest absolute Gasteiger partial charge is 0.119 e. The lowest BCUT2D eigenvalue weighted by Gasteiger charge is -2.29. The van der Waals surface area contributed by atoms with Gasteiger partial charge in [0.25, 0.3) is 0 Å². The predicted octanol–water partition coefficient (Wildman–Crippen LogP) is 2.35. The van der Waals surface area contributed by atoms with Gasteiger partial charge in [-0.1, -0.05) is 0 Å². The van der Waals surface area contributed by atoms with Crippen LogP contribution in [0.1, 0.15) is 26.2 Å². The van der Waals surface area contributed by atoms with Crippen molar-refractivity contribution in [2.75, 3.05) is 50.8 Å². The topological polar surface area (TPSA) is 27.7 Å². The van der Waals surface area contributed by atoms with Crippen molar-refractivity contribution in [3.63, 3.8) is 0 Å². The summed E-state index contributed by atoms with van der Waals surface area (Å²) >= 11 is 0. The van der Waals surface area contributed by atoms with Crippen LogP contribution in [0.5, 0.6) is 5.75 Å². The van der Waals surface area contributed by atoms with Gasteiger partial charge < -0.3 is 19.9 Å². The molecule has 0 amide bonds. The second-order valence-corrected chi connectivity index (χ2v) is 6.46. The molecule has 2 saturated heterocycles. The highest BCUT2D eigenvalue weighted by Crippen LogP contribution is 2.20. The Labute approximate surface area is 134 Å². The molecular weight excluding hydrogens is 274 g/mol. The van der Waals surface area contributed by atoms with Gasteiger partial charge in [-0.05, 0) is 57.0 Å². The first-order valence-corrected chi connectivity index (χ1v) is 8.75. The van der Waals surface area contributed by atoms with E-state index in [2.05, 4.69) is 46.3 Å². The number of rotatable bonds is 6. The lowest BCUT2D eigenvalue weighted by Crippen LogP contribution is -2.43. The molecule has 0 bridgehead atoms. The normalized spacial score (nSPS) is 23.0. The molecule has 1 unspecified atom stereocenters. The van der Waals surface area contributed by atoms with E-state index in [4.69, 9.17) is 4.74 Å². The molecule has 0 spiro atoms. The van der Waals surface area contributed by atoms with Crippen molar-refractivity contribution in [3.05, 3.63) is 24.3 Å². The molecule has 1 N–H and O–H groups in total. The summed E-state index contributed by atoms with van der Waals surface area (Å²) in [5, 5.41) is 3.39. The second kappa shape index (κ2) is 7.84. The van der Waals surface area contributed by atoms with Crippen LogP contribution in [0.4, 0.5) is 5.69 Å². The fourth-order valence-corrected chi connectivity index (χ4v) is 3.46. The molecule has 0 aromatic heterocycles. The summed E-state index contributed by atoms with van der Waals surface area (Å²) in [5.74, 6) is 0.994. The summed E-state index contributed by atoms with van der Waals surface area (Å²) in [6.45, 7) is 9.92. The molecule has 2 fully saturated rings. The summed E-state index contributed by atoms with van der Waals surface area (Å²) in [6.07, 6.45) is 3.83. The Morgan fingerprint density at radius 3 is 2.59 bits per heavy atom. The van der Waals surface area contributed by atoms with E-state index >= 15 is 0 Å². The first-order valence-electron chi connectivity index (χ1n) is 8.75. The fourth-order valence-electron chi connectivity index (χ4n) is 3.46. The molecule has 122 valence electrons. The monoisotopic (exact) mass is 303 g/mol. The summed E-state index contributed by atoms with van der Waals surface area (Å²) in [7, 11) is 0. The Balaban J connectivity index is 1.39. The van der Waals surface area contributed by atoms with Crippen molar-refractivity contribution in [1.29, 1.82) is 0 Å². The SMILES string of the molecule is CC1CCCN1CCCOc1ccc(N2CCNCC2)cc1. The van der Waals surface area contributed by atoms with Gasteiger partial charge in [-0.2, -0.15) is 0 Å². The molecule has 3 rings (SSSR count). The number of hydrogen-bond donors (Lipinski definition) is 1. The Morgan fingerprint density at radius 2 is 1.91 bits per heavy atom. The van der Waals surface area contributed by atoms with Crippen molar-refractivity contribution in [3.8, 4) is 5.75 Å². The molecule has 1 atom stereocenters. The number of benzene rings is 1. The lowest BCUT2D eigenvalue weighted by molar-refractivity contribution is 0.230. The van der Waals surface area contributed by atoms with Crippen LogP contribution in [-0.2, 0) is 0 Å². The van der Waals surface area contributed by atoms with E-state index in [1.54, 1.807) is 0 Å². The van der Waals surface area contributed by atoms with E-state index in [0.29, 0.717) is 0 Å². The Hall–Kier alpha value is -1.26. The van der Waals surface area contributed by atoms with Crippen molar-refractivity contribution < 1.29 is 4.74 Å². The van der Waals surface area contributed by atoms with Crippen LogP contribution in [0.15, 0.2) is 24.3 Å². The van der Waals surface area contributed by atoms with E-state index < -0.39 is 0 Å². The molecule has 2 aliphatic rings. The maximum Gasteiger partial charge on any atom is 0.119 e. The minimum atomic E-state index is 0.762. The summed E-state index contributed by atoms with van der Waals surface area (Å²) < 4.78 is 5.89. The molecule has 1 aromatic rings. The summed E-state index contributed by atoms with van der Waals surface area (Å²) in [5.41, 5.74) is 1.31. The van der Waals surface area contributed by atoms with E-state index in [9.17, 15) is 0 Å². The van der Waals surface area contributed by atoms with E-state index in [-0.39, 0.29) is 0 Å². The first kappa shape index (κ1) is 15.6. The Bertz CT molecular complexity index is 442. The largest absolute Gasteiger partial charge is 0.494 e. The molecule has 0 aliphatic carbocycles. The van der Waals surface area contributed by atoms with Gasteiger partial charge in [0.2, 0.25) is 0 Å². The van der Waals surface area contributed by atoms with Crippen molar-refractivity contribution in [2.45, 2.75) is 32.2 Å². The summed E-state index contributed by atoms with van der Waals surface area (Å²) in [6, 6.07) is 9.34. The third-order valence-electron chi connectivity index (χ3n) is 4.87. The number of piperazine rings is 1. The minimum Gasteiger partial charge on any atom is -0.494 e. The Kier molecular flexibility index (Phi) is 5.57. The second-order valence-electron chi connectivity index (χ2n) is 6.46. The standard InChI is InChI=1S/C18H29N3O/c1-16-4-2-11-20(16)12-3-15-22-18-7-5-17(6-8-18)21-13-9-19-10-14-21/h5-8,16,19H,2-4,9-15H2,1H3. The van der Waals surface area contributed by atoms with Gasteiger partial charge >= 0.3 is 0 Å². The first-order chi connectivity index (χ1) is 10.8. The number of hydrogen-bond acceptors (Lipinski definition) is 4. The summed E-state index contributed by atoms with van der Waals surface area (Å²) in [4.78, 5) is 5.01. The van der Waals surface area contributed by atoms with Gasteiger partial charge in [0.15, 0.2) is 0 Å². The third kappa shape index (κ3) is 4.14. The highest BCUT2D eigenvalue weighted by Gasteiger charge is 2.19. The third-order valence-corrected chi connectivity index (χ3v) is 4.87. The maximum absolute atomic E-state index is 5.89. The predicted molar refractivity (Wildman–Crippen MR) is 91.9 cm³/mol. The van der Waals surface area contributed by atoms with Crippen LogP contribution in [0, 0.1) is 0 Å². The van der Waals surface area contributed by atoms with Crippen LogP contribution in [0.25, 0.3) is 0 Å². The molecule has 22 heavy (non-hydrogen) atoms. The number of nitrogens with one attached hydrogen (secondary N) is 1. The number of nitrogens with zero attached hydrogens (tertiary/aromatic N) is 2. The average molecular weight is 303 g/mol. The van der Waals surface area contributed by atoms with Crippen molar-refractivity contribution in [1.82, 2.24) is 10.2 Å². The quantitative estimate of drug-likeness (QED) is 0.817. The Morgan fingerprint density at radius 1 is 1.14 bits per heavy atom. The van der Waals surface area contributed by atoms with E-state index in [0.717, 1.165) is 51.0 Å². The number of likely N-dealkylation sites (tertiary alicyclic amines) is 1. The van der Waals surface area contributed by atoms with Gasteiger partial charge in [-0.15, -0.1) is 0 Å². The maximum atomic E-state index is 5.89. The zero-order chi connectivity index (χ0) is 15.2. The zero-order valence-electron chi connectivity index (χ0n) is 13.8.